The van der Waals surface area contributed by atoms with Crippen LogP contribution in [0.3, 0.4) is 0 Å². The molecule has 2 aliphatic rings. The number of sulfonamides is 1. The fraction of sp³-hybridized carbons (Fsp3) is 0.750. The molecule has 7 nitrogen and oxygen atoms in total. The molecular formula is C20H33N3O4S. The number of likely N-dealkylation sites (N-methyl/N-ethyl adjacent to an activating group) is 1. The van der Waals surface area contributed by atoms with Crippen molar-refractivity contribution in [2.45, 2.75) is 57.3 Å². The molecule has 0 radical (unpaired) electrons. The standard InChI is InChI=1S/C20H33N3O4S/c1-3-22(15-14-21-10-6-4-5-7-11-21)20(24)18-16-19(17(2)27-18)28(25,26)23-12-8-9-13-23/h16H,3-15H2,1-2H3. The molecule has 158 valence electrons. The Hall–Kier alpha value is -1.38. The topological polar surface area (TPSA) is 74.1 Å². The van der Waals surface area contributed by atoms with Crippen molar-refractivity contribution in [2.24, 2.45) is 0 Å². The maximum Gasteiger partial charge on any atom is 0.289 e. The van der Waals surface area contributed by atoms with Crippen LogP contribution in [-0.2, 0) is 10.0 Å². The number of amides is 1. The SMILES string of the molecule is CCN(CCN1CCCCCC1)C(=O)c1cc(S(=O)(=O)N2CCCC2)c(C)o1. The predicted molar refractivity (Wildman–Crippen MR) is 108 cm³/mol. The molecule has 2 saturated heterocycles. The highest BCUT2D eigenvalue weighted by Gasteiger charge is 2.32. The molecule has 0 aliphatic carbocycles. The number of likely N-dealkylation sites (tertiary alicyclic amines) is 1. The smallest absolute Gasteiger partial charge is 0.289 e. The van der Waals surface area contributed by atoms with Crippen LogP contribution in [0.2, 0.25) is 0 Å². The van der Waals surface area contributed by atoms with Gasteiger partial charge in [-0.3, -0.25) is 4.79 Å². The second-order valence-corrected chi connectivity index (χ2v) is 9.69. The van der Waals surface area contributed by atoms with Crippen molar-refractivity contribution < 1.29 is 17.6 Å². The van der Waals surface area contributed by atoms with Gasteiger partial charge >= 0.3 is 0 Å². The minimum absolute atomic E-state index is 0.119. The third kappa shape index (κ3) is 4.78. The number of nitrogens with zero attached hydrogens (tertiary/aromatic N) is 3. The van der Waals surface area contributed by atoms with Crippen LogP contribution in [0.4, 0.5) is 0 Å². The Balaban J connectivity index is 1.68. The molecule has 0 unspecified atom stereocenters. The molecule has 0 saturated carbocycles. The molecule has 28 heavy (non-hydrogen) atoms. The van der Waals surface area contributed by atoms with Crippen LogP contribution >= 0.6 is 0 Å². The van der Waals surface area contributed by atoms with Crippen LogP contribution in [0, 0.1) is 6.92 Å². The van der Waals surface area contributed by atoms with Crippen LogP contribution in [0.1, 0.15) is 61.8 Å². The first-order chi connectivity index (χ1) is 13.4. The summed E-state index contributed by atoms with van der Waals surface area (Å²) in [6.45, 7) is 8.85. The fourth-order valence-electron chi connectivity index (χ4n) is 4.08. The maximum absolute atomic E-state index is 12.9. The summed E-state index contributed by atoms with van der Waals surface area (Å²) in [5.74, 6) is 0.176. The van der Waals surface area contributed by atoms with Crippen molar-refractivity contribution in [3.63, 3.8) is 0 Å². The van der Waals surface area contributed by atoms with Crippen LogP contribution in [0.15, 0.2) is 15.4 Å². The van der Waals surface area contributed by atoms with E-state index in [2.05, 4.69) is 4.90 Å². The summed E-state index contributed by atoms with van der Waals surface area (Å²) in [5, 5.41) is 0. The monoisotopic (exact) mass is 411 g/mol. The summed E-state index contributed by atoms with van der Waals surface area (Å²) < 4.78 is 32.7. The van der Waals surface area contributed by atoms with Gasteiger partial charge in [0.25, 0.3) is 5.91 Å². The van der Waals surface area contributed by atoms with Gasteiger partial charge in [0.15, 0.2) is 5.76 Å². The van der Waals surface area contributed by atoms with Crippen LogP contribution < -0.4 is 0 Å². The van der Waals surface area contributed by atoms with Crippen molar-refractivity contribution in [1.82, 2.24) is 14.1 Å². The highest BCUT2D eigenvalue weighted by molar-refractivity contribution is 7.89. The van der Waals surface area contributed by atoms with Crippen LogP contribution in [0.5, 0.6) is 0 Å². The largest absolute Gasteiger partial charge is 0.455 e. The summed E-state index contributed by atoms with van der Waals surface area (Å²) in [6, 6.07) is 1.42. The summed E-state index contributed by atoms with van der Waals surface area (Å²) in [4.78, 5) is 17.2. The van der Waals surface area contributed by atoms with Gasteiger partial charge in [0.2, 0.25) is 10.0 Å². The molecule has 2 aliphatic heterocycles. The third-order valence-electron chi connectivity index (χ3n) is 5.82. The Bertz CT molecular complexity index is 760. The number of furan rings is 1. The minimum atomic E-state index is -3.59. The van der Waals surface area contributed by atoms with Crippen molar-refractivity contribution in [2.75, 3.05) is 45.8 Å². The number of carbonyl (C=O) groups is 1. The predicted octanol–water partition coefficient (Wildman–Crippen LogP) is 2.71. The normalized spacial score (nSPS) is 19.6. The van der Waals surface area contributed by atoms with Gasteiger partial charge in [0.05, 0.1) is 0 Å². The quantitative estimate of drug-likeness (QED) is 0.690. The molecule has 1 aromatic rings. The first kappa shape index (κ1) is 21.3. The number of aryl methyl sites for hydroxylation is 1. The lowest BCUT2D eigenvalue weighted by atomic mass is 10.2. The Morgan fingerprint density at radius 1 is 1.07 bits per heavy atom. The van der Waals surface area contributed by atoms with Crippen molar-refractivity contribution in [1.29, 1.82) is 0 Å². The molecule has 3 rings (SSSR count). The van der Waals surface area contributed by atoms with Gasteiger partial charge in [-0.25, -0.2) is 8.42 Å². The van der Waals surface area contributed by atoms with Gasteiger partial charge in [0, 0.05) is 38.8 Å². The van der Waals surface area contributed by atoms with E-state index in [1.54, 1.807) is 11.8 Å². The molecule has 0 atom stereocenters. The fourth-order valence-corrected chi connectivity index (χ4v) is 5.75. The van der Waals surface area contributed by atoms with E-state index in [0.717, 1.165) is 32.5 Å². The number of carbonyl (C=O) groups excluding carboxylic acids is 1. The molecule has 2 fully saturated rings. The highest BCUT2D eigenvalue weighted by Crippen LogP contribution is 2.27. The summed E-state index contributed by atoms with van der Waals surface area (Å²) in [6.07, 6.45) is 6.76. The van der Waals surface area contributed by atoms with Crippen LogP contribution in [-0.4, -0.2) is 74.2 Å². The van der Waals surface area contributed by atoms with E-state index in [4.69, 9.17) is 4.42 Å². The number of hydrogen-bond donors (Lipinski definition) is 0. The van der Waals surface area contributed by atoms with E-state index in [9.17, 15) is 13.2 Å². The summed E-state index contributed by atoms with van der Waals surface area (Å²) in [5.41, 5.74) is 0. The first-order valence-electron chi connectivity index (χ1n) is 10.6. The lowest BCUT2D eigenvalue weighted by Crippen LogP contribution is -2.39. The highest BCUT2D eigenvalue weighted by atomic mass is 32.2. The molecular weight excluding hydrogens is 378 g/mol. The second-order valence-electron chi connectivity index (χ2n) is 7.78. The van der Waals surface area contributed by atoms with Crippen LogP contribution in [0.25, 0.3) is 0 Å². The summed E-state index contributed by atoms with van der Waals surface area (Å²) >= 11 is 0. The molecule has 1 amide bonds. The lowest BCUT2D eigenvalue weighted by molar-refractivity contribution is 0.0712. The molecule has 8 heteroatoms. The first-order valence-corrected chi connectivity index (χ1v) is 12.0. The molecule has 3 heterocycles. The van der Waals surface area contributed by atoms with Gasteiger partial charge in [-0.2, -0.15) is 4.31 Å². The Labute approximate surface area is 168 Å². The van der Waals surface area contributed by atoms with E-state index < -0.39 is 10.0 Å². The van der Waals surface area contributed by atoms with Gasteiger partial charge in [-0.1, -0.05) is 12.8 Å². The van der Waals surface area contributed by atoms with E-state index in [1.165, 1.54) is 36.1 Å². The molecule has 0 N–H and O–H groups in total. The van der Waals surface area contributed by atoms with E-state index in [0.29, 0.717) is 31.9 Å². The van der Waals surface area contributed by atoms with Gasteiger partial charge in [0.1, 0.15) is 10.7 Å². The maximum atomic E-state index is 12.9. The third-order valence-corrected chi connectivity index (χ3v) is 7.83. The number of hydrogen-bond acceptors (Lipinski definition) is 5. The second kappa shape index (κ2) is 9.41. The van der Waals surface area contributed by atoms with E-state index in [1.807, 2.05) is 6.92 Å². The average Bonchev–Trinajstić information content (AvgIpc) is 3.28. The van der Waals surface area contributed by atoms with Crippen molar-refractivity contribution in [3.8, 4) is 0 Å². The number of rotatable bonds is 7. The average molecular weight is 412 g/mol. The Kier molecular flexibility index (Phi) is 7.17. The Morgan fingerprint density at radius 3 is 2.29 bits per heavy atom. The lowest BCUT2D eigenvalue weighted by Gasteiger charge is -2.25. The van der Waals surface area contributed by atoms with Gasteiger partial charge in [-0.05, 0) is 52.6 Å². The van der Waals surface area contributed by atoms with E-state index >= 15 is 0 Å². The van der Waals surface area contributed by atoms with Gasteiger partial charge < -0.3 is 14.2 Å². The van der Waals surface area contributed by atoms with E-state index in [-0.39, 0.29) is 16.6 Å². The summed E-state index contributed by atoms with van der Waals surface area (Å²) in [7, 11) is -3.59. The molecule has 0 spiro atoms. The zero-order valence-electron chi connectivity index (χ0n) is 17.2. The zero-order chi connectivity index (χ0) is 20.1. The molecule has 0 aromatic carbocycles. The van der Waals surface area contributed by atoms with Crippen molar-refractivity contribution >= 4 is 15.9 Å². The van der Waals surface area contributed by atoms with Crippen molar-refractivity contribution in [3.05, 3.63) is 17.6 Å². The van der Waals surface area contributed by atoms with Gasteiger partial charge in [-0.15, -0.1) is 0 Å². The minimum Gasteiger partial charge on any atom is -0.455 e. The molecule has 1 aromatic heterocycles. The Morgan fingerprint density at radius 2 is 1.68 bits per heavy atom. The zero-order valence-corrected chi connectivity index (χ0v) is 18.0. The molecule has 0 bridgehead atoms.